The van der Waals surface area contributed by atoms with Gasteiger partial charge in [0.1, 0.15) is 0 Å². The molecule has 2 fully saturated rings. The summed E-state index contributed by atoms with van der Waals surface area (Å²) in [7, 11) is 1.97. The zero-order valence-corrected chi connectivity index (χ0v) is 14.9. The van der Waals surface area contributed by atoms with Gasteiger partial charge in [-0.2, -0.15) is 0 Å². The highest BCUT2D eigenvalue weighted by Crippen LogP contribution is 2.42. The molecule has 0 radical (unpaired) electrons. The highest BCUT2D eigenvalue weighted by Gasteiger charge is 2.52. The van der Waals surface area contributed by atoms with E-state index >= 15 is 0 Å². The number of aromatic nitrogens is 1. The summed E-state index contributed by atoms with van der Waals surface area (Å²) in [6.07, 6.45) is 3.71. The van der Waals surface area contributed by atoms with Crippen molar-refractivity contribution < 1.29 is 14.7 Å². The number of carboxylic acid groups (broad SMARTS) is 1. The van der Waals surface area contributed by atoms with Crippen LogP contribution in [0.15, 0.2) is 36.5 Å². The molecule has 2 aromatic rings. The quantitative estimate of drug-likeness (QED) is 0.896. The summed E-state index contributed by atoms with van der Waals surface area (Å²) >= 11 is 0. The van der Waals surface area contributed by atoms with Gasteiger partial charge in [0.15, 0.2) is 0 Å². The number of carbonyl (C=O) groups excluding carboxylic acids is 1. The minimum Gasteiger partial charge on any atom is -0.481 e. The number of carboxylic acids is 1. The molecule has 2 aliphatic heterocycles. The van der Waals surface area contributed by atoms with E-state index in [9.17, 15) is 14.7 Å². The fourth-order valence-electron chi connectivity index (χ4n) is 4.54. The highest BCUT2D eigenvalue weighted by atomic mass is 16.4. The second-order valence-corrected chi connectivity index (χ2v) is 7.48. The van der Waals surface area contributed by atoms with Crippen LogP contribution in [-0.4, -0.2) is 64.5 Å². The van der Waals surface area contributed by atoms with Gasteiger partial charge in [0.2, 0.25) is 0 Å². The molecule has 26 heavy (non-hydrogen) atoms. The van der Waals surface area contributed by atoms with Crippen LogP contribution in [0.3, 0.4) is 0 Å². The molecule has 1 aromatic carbocycles. The van der Waals surface area contributed by atoms with E-state index in [1.807, 2.05) is 37.4 Å². The zero-order chi connectivity index (χ0) is 18.3. The lowest BCUT2D eigenvalue weighted by Crippen LogP contribution is -2.63. The van der Waals surface area contributed by atoms with Gasteiger partial charge in [-0.25, -0.2) is 0 Å². The van der Waals surface area contributed by atoms with E-state index in [0.717, 1.165) is 23.9 Å². The number of para-hydroxylation sites is 1. The number of fused-ring (bicyclic) bond motifs is 2. The number of likely N-dealkylation sites (N-methyl/N-ethyl adjacent to an activating group) is 1. The molecule has 0 spiro atoms. The Balaban J connectivity index is 1.60. The van der Waals surface area contributed by atoms with Crippen molar-refractivity contribution in [3.63, 3.8) is 0 Å². The third kappa shape index (κ3) is 2.65. The van der Waals surface area contributed by atoms with E-state index in [4.69, 9.17) is 0 Å². The normalized spacial score (nSPS) is 26.5. The maximum atomic E-state index is 13.0. The van der Waals surface area contributed by atoms with Crippen LogP contribution in [0, 0.1) is 5.41 Å². The van der Waals surface area contributed by atoms with E-state index in [1.165, 1.54) is 0 Å². The average Bonchev–Trinajstić information content (AvgIpc) is 2.67. The molecule has 6 nitrogen and oxygen atoms in total. The molecule has 4 rings (SSSR count). The fourth-order valence-corrected chi connectivity index (χ4v) is 4.54. The SMILES string of the molecule is CN1CCC[C@]2(C(=O)O)CCN(C(=O)c3cnc4ccccc4c3)C[C@@H]12. The number of amides is 1. The number of hydrogen-bond acceptors (Lipinski definition) is 4. The van der Waals surface area contributed by atoms with E-state index in [-0.39, 0.29) is 11.9 Å². The Morgan fingerprint density at radius 3 is 2.85 bits per heavy atom. The Morgan fingerprint density at radius 1 is 1.23 bits per heavy atom. The number of piperidine rings is 2. The van der Waals surface area contributed by atoms with Crippen LogP contribution >= 0.6 is 0 Å². The summed E-state index contributed by atoms with van der Waals surface area (Å²) in [5.74, 6) is -0.797. The predicted octanol–water partition coefficient (Wildman–Crippen LogP) is 2.25. The van der Waals surface area contributed by atoms with Gasteiger partial charge in [-0.3, -0.25) is 14.6 Å². The van der Waals surface area contributed by atoms with Crippen molar-refractivity contribution in [3.05, 3.63) is 42.1 Å². The van der Waals surface area contributed by atoms with Crippen LogP contribution in [0.2, 0.25) is 0 Å². The maximum absolute atomic E-state index is 13.0. The fraction of sp³-hybridized carbons (Fsp3) is 0.450. The van der Waals surface area contributed by atoms with E-state index in [0.29, 0.717) is 31.5 Å². The minimum atomic E-state index is -0.731. The van der Waals surface area contributed by atoms with E-state index in [2.05, 4.69) is 9.88 Å². The summed E-state index contributed by atoms with van der Waals surface area (Å²) in [6, 6.07) is 9.44. The van der Waals surface area contributed by atoms with Gasteiger partial charge in [-0.1, -0.05) is 18.2 Å². The first kappa shape index (κ1) is 17.0. The van der Waals surface area contributed by atoms with Crippen molar-refractivity contribution >= 4 is 22.8 Å². The van der Waals surface area contributed by atoms with Crippen LogP contribution in [0.1, 0.15) is 29.6 Å². The second kappa shape index (κ2) is 6.36. The van der Waals surface area contributed by atoms with Crippen LogP contribution in [0.25, 0.3) is 10.9 Å². The van der Waals surface area contributed by atoms with Crippen molar-refractivity contribution in [1.29, 1.82) is 0 Å². The van der Waals surface area contributed by atoms with Gasteiger partial charge in [0, 0.05) is 30.7 Å². The molecule has 2 saturated heterocycles. The molecule has 3 heterocycles. The molecular formula is C20H23N3O3. The lowest BCUT2D eigenvalue weighted by Gasteiger charge is -2.51. The van der Waals surface area contributed by atoms with E-state index < -0.39 is 11.4 Å². The zero-order valence-electron chi connectivity index (χ0n) is 14.9. The Hall–Kier alpha value is -2.47. The number of aliphatic carboxylic acids is 1. The first-order valence-corrected chi connectivity index (χ1v) is 9.09. The molecule has 2 aliphatic rings. The number of nitrogens with zero attached hydrogens (tertiary/aromatic N) is 3. The van der Waals surface area contributed by atoms with Crippen molar-refractivity contribution in [1.82, 2.24) is 14.8 Å². The Labute approximate surface area is 152 Å². The van der Waals surface area contributed by atoms with Crippen molar-refractivity contribution in [2.45, 2.75) is 25.3 Å². The molecule has 0 unspecified atom stereocenters. The molecule has 1 amide bonds. The topological polar surface area (TPSA) is 73.7 Å². The Morgan fingerprint density at radius 2 is 2.04 bits per heavy atom. The third-order valence-corrected chi connectivity index (χ3v) is 6.08. The van der Waals surface area contributed by atoms with Crippen LogP contribution < -0.4 is 0 Å². The lowest BCUT2D eigenvalue weighted by molar-refractivity contribution is -0.161. The predicted molar refractivity (Wildman–Crippen MR) is 98.0 cm³/mol. The third-order valence-electron chi connectivity index (χ3n) is 6.08. The lowest BCUT2D eigenvalue weighted by atomic mass is 9.68. The standard InChI is InChI=1S/C20H23N3O3/c1-22-9-4-7-20(19(25)26)8-10-23(13-17(20)22)18(24)15-11-14-5-2-3-6-16(14)21-12-15/h2-3,5-6,11-12,17H,4,7-10,13H2,1H3,(H,25,26)/t17-,20+/m1/s1. The summed E-state index contributed by atoms with van der Waals surface area (Å²) in [5.41, 5.74) is 0.690. The van der Waals surface area contributed by atoms with Gasteiger partial charge in [-0.05, 0) is 45.0 Å². The minimum absolute atomic E-state index is 0.0683. The second-order valence-electron chi connectivity index (χ2n) is 7.48. The average molecular weight is 353 g/mol. The molecule has 6 heteroatoms. The number of benzene rings is 1. The van der Waals surface area contributed by atoms with E-state index in [1.54, 1.807) is 11.1 Å². The molecule has 1 N–H and O–H groups in total. The molecular weight excluding hydrogens is 330 g/mol. The first-order chi connectivity index (χ1) is 12.5. The molecule has 1 aromatic heterocycles. The Kier molecular flexibility index (Phi) is 4.15. The first-order valence-electron chi connectivity index (χ1n) is 9.09. The van der Waals surface area contributed by atoms with Crippen molar-refractivity contribution in [2.75, 3.05) is 26.7 Å². The smallest absolute Gasteiger partial charge is 0.311 e. The van der Waals surface area contributed by atoms with Gasteiger partial charge < -0.3 is 14.9 Å². The number of hydrogen-bond donors (Lipinski definition) is 1. The van der Waals surface area contributed by atoms with Gasteiger partial charge in [0.05, 0.1) is 16.5 Å². The number of likely N-dealkylation sites (tertiary alicyclic amines) is 2. The van der Waals surface area contributed by atoms with Gasteiger partial charge >= 0.3 is 5.97 Å². The number of rotatable bonds is 2. The maximum Gasteiger partial charge on any atom is 0.311 e. The molecule has 0 aliphatic carbocycles. The van der Waals surface area contributed by atoms with Crippen molar-refractivity contribution in [3.8, 4) is 0 Å². The van der Waals surface area contributed by atoms with Crippen LogP contribution in [0.5, 0.6) is 0 Å². The highest BCUT2D eigenvalue weighted by molar-refractivity contribution is 5.97. The molecule has 0 saturated carbocycles. The number of carbonyl (C=O) groups is 2. The molecule has 0 bridgehead atoms. The van der Waals surface area contributed by atoms with Gasteiger partial charge in [0.25, 0.3) is 5.91 Å². The summed E-state index contributed by atoms with van der Waals surface area (Å²) in [4.78, 5) is 33.3. The largest absolute Gasteiger partial charge is 0.481 e. The summed E-state index contributed by atoms with van der Waals surface area (Å²) in [6.45, 7) is 1.80. The molecule has 2 atom stereocenters. The van der Waals surface area contributed by atoms with Gasteiger partial charge in [-0.15, -0.1) is 0 Å². The van der Waals surface area contributed by atoms with Crippen LogP contribution in [0.4, 0.5) is 0 Å². The summed E-state index contributed by atoms with van der Waals surface area (Å²) < 4.78 is 0. The number of pyridine rings is 1. The van der Waals surface area contributed by atoms with Crippen LogP contribution in [-0.2, 0) is 4.79 Å². The molecule has 136 valence electrons. The summed E-state index contributed by atoms with van der Waals surface area (Å²) in [5, 5.41) is 10.8. The van der Waals surface area contributed by atoms with Crippen molar-refractivity contribution in [2.24, 2.45) is 5.41 Å². The Bertz CT molecular complexity index is 868. The monoisotopic (exact) mass is 353 g/mol.